The van der Waals surface area contributed by atoms with Gasteiger partial charge >= 0.3 is 0 Å². The SMILES string of the molecule is NCCCNC(=O)CCCOc1ccc(CC2SC(=O)NC2=O)c2ccccc12. The Morgan fingerprint density at radius 1 is 1.14 bits per heavy atom. The Bertz CT molecular complexity index is 903. The van der Waals surface area contributed by atoms with Gasteiger partial charge in [-0.15, -0.1) is 0 Å². The Morgan fingerprint density at radius 3 is 2.66 bits per heavy atom. The van der Waals surface area contributed by atoms with Gasteiger partial charge in [-0.05, 0) is 42.8 Å². The summed E-state index contributed by atoms with van der Waals surface area (Å²) in [6.07, 6.45) is 2.27. The van der Waals surface area contributed by atoms with E-state index in [0.717, 1.165) is 40.3 Å². The van der Waals surface area contributed by atoms with Crippen LogP contribution in [0.1, 0.15) is 24.8 Å². The lowest BCUT2D eigenvalue weighted by molar-refractivity contribution is -0.121. The summed E-state index contributed by atoms with van der Waals surface area (Å²) < 4.78 is 5.92. The molecule has 1 unspecified atom stereocenters. The molecule has 8 heteroatoms. The summed E-state index contributed by atoms with van der Waals surface area (Å²) in [6, 6.07) is 11.7. The Kier molecular flexibility index (Phi) is 7.48. The highest BCUT2D eigenvalue weighted by Gasteiger charge is 2.31. The van der Waals surface area contributed by atoms with Gasteiger partial charge in [-0.2, -0.15) is 0 Å². The number of ether oxygens (including phenoxy) is 1. The monoisotopic (exact) mass is 415 g/mol. The van der Waals surface area contributed by atoms with Crippen molar-refractivity contribution < 1.29 is 19.1 Å². The summed E-state index contributed by atoms with van der Waals surface area (Å²) in [5.74, 6) is 0.505. The maximum absolute atomic E-state index is 11.9. The van der Waals surface area contributed by atoms with Gasteiger partial charge in [0.25, 0.3) is 5.24 Å². The molecule has 1 aliphatic heterocycles. The number of thioether (sulfide) groups is 1. The second-order valence-electron chi connectivity index (χ2n) is 6.80. The molecule has 154 valence electrons. The molecule has 1 saturated heterocycles. The molecule has 1 aliphatic rings. The molecule has 0 bridgehead atoms. The third-order valence-electron chi connectivity index (χ3n) is 4.66. The summed E-state index contributed by atoms with van der Waals surface area (Å²) in [6.45, 7) is 1.60. The number of amides is 3. The van der Waals surface area contributed by atoms with Crippen LogP contribution >= 0.6 is 11.8 Å². The topological polar surface area (TPSA) is 111 Å². The summed E-state index contributed by atoms with van der Waals surface area (Å²) in [7, 11) is 0. The van der Waals surface area contributed by atoms with Gasteiger partial charge in [0.05, 0.1) is 11.9 Å². The second kappa shape index (κ2) is 10.3. The van der Waals surface area contributed by atoms with Crippen molar-refractivity contribution in [2.75, 3.05) is 19.7 Å². The molecule has 29 heavy (non-hydrogen) atoms. The average Bonchev–Trinajstić information content (AvgIpc) is 3.03. The summed E-state index contributed by atoms with van der Waals surface area (Å²) in [5, 5.41) is 6.40. The number of rotatable bonds is 10. The predicted octanol–water partition coefficient (Wildman–Crippen LogP) is 2.36. The lowest BCUT2D eigenvalue weighted by Crippen LogP contribution is -2.26. The van der Waals surface area contributed by atoms with E-state index in [1.165, 1.54) is 0 Å². The van der Waals surface area contributed by atoms with Crippen molar-refractivity contribution in [2.45, 2.75) is 30.9 Å². The summed E-state index contributed by atoms with van der Waals surface area (Å²) >= 11 is 1.03. The zero-order chi connectivity index (χ0) is 20.6. The normalized spacial score (nSPS) is 16.1. The number of imide groups is 1. The maximum Gasteiger partial charge on any atom is 0.286 e. The minimum absolute atomic E-state index is 0.00384. The van der Waals surface area contributed by atoms with Crippen molar-refractivity contribution in [1.29, 1.82) is 0 Å². The van der Waals surface area contributed by atoms with Gasteiger partial charge in [0.1, 0.15) is 5.75 Å². The number of nitrogens with two attached hydrogens (primary N) is 1. The van der Waals surface area contributed by atoms with E-state index < -0.39 is 5.25 Å². The fourth-order valence-electron chi connectivity index (χ4n) is 3.20. The zero-order valence-corrected chi connectivity index (χ0v) is 16.9. The zero-order valence-electron chi connectivity index (χ0n) is 16.1. The van der Waals surface area contributed by atoms with Crippen molar-refractivity contribution in [1.82, 2.24) is 10.6 Å². The molecule has 0 saturated carbocycles. The number of fused-ring (bicyclic) bond motifs is 1. The van der Waals surface area contributed by atoms with Gasteiger partial charge in [0.2, 0.25) is 11.8 Å². The number of carbonyl (C=O) groups excluding carboxylic acids is 3. The molecule has 0 aliphatic carbocycles. The van der Waals surface area contributed by atoms with Gasteiger partial charge in [0, 0.05) is 18.4 Å². The molecule has 0 radical (unpaired) electrons. The third kappa shape index (κ3) is 5.71. The molecule has 3 amide bonds. The minimum Gasteiger partial charge on any atom is -0.493 e. The number of hydrogen-bond acceptors (Lipinski definition) is 6. The molecule has 3 rings (SSSR count). The van der Waals surface area contributed by atoms with E-state index in [0.29, 0.717) is 39.0 Å². The van der Waals surface area contributed by atoms with Gasteiger partial charge in [-0.3, -0.25) is 19.7 Å². The van der Waals surface area contributed by atoms with Crippen LogP contribution in [0.15, 0.2) is 36.4 Å². The van der Waals surface area contributed by atoms with Crippen molar-refractivity contribution in [3.63, 3.8) is 0 Å². The lowest BCUT2D eigenvalue weighted by Gasteiger charge is -2.14. The van der Waals surface area contributed by atoms with Crippen molar-refractivity contribution in [2.24, 2.45) is 5.73 Å². The van der Waals surface area contributed by atoms with Crippen LogP contribution < -0.4 is 21.1 Å². The van der Waals surface area contributed by atoms with Crippen molar-refractivity contribution in [3.8, 4) is 5.75 Å². The largest absolute Gasteiger partial charge is 0.493 e. The fraction of sp³-hybridized carbons (Fsp3) is 0.381. The molecule has 2 aromatic carbocycles. The van der Waals surface area contributed by atoms with Crippen LogP contribution in [0, 0.1) is 0 Å². The van der Waals surface area contributed by atoms with E-state index >= 15 is 0 Å². The Labute approximate surface area is 173 Å². The molecule has 7 nitrogen and oxygen atoms in total. The highest BCUT2D eigenvalue weighted by atomic mass is 32.2. The van der Waals surface area contributed by atoms with Crippen LogP contribution in [0.25, 0.3) is 10.8 Å². The first-order chi connectivity index (χ1) is 14.1. The smallest absolute Gasteiger partial charge is 0.286 e. The summed E-state index contributed by atoms with van der Waals surface area (Å²) in [4.78, 5) is 35.0. The standard InChI is InChI=1S/C21H25N3O4S/c22-10-4-11-23-19(25)7-3-12-28-17-9-8-14(15-5-1-2-6-16(15)17)13-18-20(26)24-21(27)29-18/h1-2,5-6,8-9,18H,3-4,7,10-13,22H2,(H,23,25)(H,24,26,27). The first kappa shape index (κ1) is 21.1. The van der Waals surface area contributed by atoms with E-state index in [9.17, 15) is 14.4 Å². The molecule has 0 aromatic heterocycles. The fourth-order valence-corrected chi connectivity index (χ4v) is 4.04. The number of hydrogen-bond donors (Lipinski definition) is 3. The van der Waals surface area contributed by atoms with E-state index in [1.807, 2.05) is 36.4 Å². The Balaban J connectivity index is 1.61. The average molecular weight is 416 g/mol. The Hall–Kier alpha value is -2.58. The van der Waals surface area contributed by atoms with E-state index in [-0.39, 0.29) is 17.1 Å². The summed E-state index contributed by atoms with van der Waals surface area (Å²) in [5.41, 5.74) is 6.40. The molecule has 0 spiro atoms. The maximum atomic E-state index is 11.9. The first-order valence-corrected chi connectivity index (χ1v) is 10.6. The molecule has 1 heterocycles. The quantitative estimate of drug-likeness (QED) is 0.514. The van der Waals surface area contributed by atoms with Crippen LogP contribution in [-0.4, -0.2) is 42.0 Å². The third-order valence-corrected chi connectivity index (χ3v) is 5.64. The highest BCUT2D eigenvalue weighted by Crippen LogP contribution is 2.32. The van der Waals surface area contributed by atoms with Crippen LogP contribution in [0.3, 0.4) is 0 Å². The van der Waals surface area contributed by atoms with Crippen LogP contribution in [0.4, 0.5) is 4.79 Å². The second-order valence-corrected chi connectivity index (χ2v) is 7.98. The van der Waals surface area contributed by atoms with Gasteiger partial charge in [0.15, 0.2) is 0 Å². The van der Waals surface area contributed by atoms with Crippen LogP contribution in [-0.2, 0) is 16.0 Å². The lowest BCUT2D eigenvalue weighted by atomic mass is 10.00. The van der Waals surface area contributed by atoms with Gasteiger partial charge in [-0.25, -0.2) is 0 Å². The van der Waals surface area contributed by atoms with Crippen LogP contribution in [0.2, 0.25) is 0 Å². The van der Waals surface area contributed by atoms with Gasteiger partial charge in [-0.1, -0.05) is 42.1 Å². The highest BCUT2D eigenvalue weighted by molar-refractivity contribution is 8.15. The van der Waals surface area contributed by atoms with Crippen molar-refractivity contribution >= 4 is 39.6 Å². The van der Waals surface area contributed by atoms with E-state index in [2.05, 4.69) is 10.6 Å². The van der Waals surface area contributed by atoms with Crippen molar-refractivity contribution in [3.05, 3.63) is 42.0 Å². The molecule has 4 N–H and O–H groups in total. The predicted molar refractivity (Wildman–Crippen MR) is 114 cm³/mol. The Morgan fingerprint density at radius 2 is 1.93 bits per heavy atom. The van der Waals surface area contributed by atoms with Crippen LogP contribution in [0.5, 0.6) is 5.75 Å². The molecular formula is C21H25N3O4S. The number of nitrogens with one attached hydrogen (secondary N) is 2. The first-order valence-electron chi connectivity index (χ1n) is 9.70. The van der Waals surface area contributed by atoms with Gasteiger partial charge < -0.3 is 15.8 Å². The van der Waals surface area contributed by atoms with E-state index in [1.54, 1.807) is 0 Å². The van der Waals surface area contributed by atoms with E-state index in [4.69, 9.17) is 10.5 Å². The number of carbonyl (C=O) groups is 3. The molecular weight excluding hydrogens is 390 g/mol. The molecule has 2 aromatic rings. The molecule has 1 atom stereocenters. The minimum atomic E-state index is -0.407. The molecule has 1 fully saturated rings. The number of benzene rings is 2.